The summed E-state index contributed by atoms with van der Waals surface area (Å²) in [5.41, 5.74) is 2.42. The van der Waals surface area contributed by atoms with Crippen molar-refractivity contribution in [3.63, 3.8) is 0 Å². The van der Waals surface area contributed by atoms with Gasteiger partial charge >= 0.3 is 0 Å². The summed E-state index contributed by atoms with van der Waals surface area (Å²) in [6.07, 6.45) is 0.910. The fraction of sp³-hybridized carbons (Fsp3) is 0.125. The van der Waals surface area contributed by atoms with Crippen molar-refractivity contribution < 1.29 is 4.74 Å². The molecular formula is C24H19NO. The molecule has 5 rings (SSSR count). The van der Waals surface area contributed by atoms with Gasteiger partial charge in [0.25, 0.3) is 0 Å². The first kappa shape index (κ1) is 15.2. The second kappa shape index (κ2) is 6.30. The fourth-order valence-corrected chi connectivity index (χ4v) is 3.79. The number of nitrogens with zero attached hydrogens (tertiary/aromatic N) is 1. The molecular weight excluding hydrogens is 318 g/mol. The van der Waals surface area contributed by atoms with E-state index in [0.717, 1.165) is 17.9 Å². The Balaban J connectivity index is 1.62. The van der Waals surface area contributed by atoms with Gasteiger partial charge in [-0.05, 0) is 39.6 Å². The topological polar surface area (TPSA) is 21.6 Å². The normalized spacial score (nSPS) is 16.6. The summed E-state index contributed by atoms with van der Waals surface area (Å²) in [5, 5.41) is 4.84. The van der Waals surface area contributed by atoms with Crippen molar-refractivity contribution in [2.24, 2.45) is 4.99 Å². The number of aliphatic imine (C=N–C) groups is 1. The highest BCUT2D eigenvalue weighted by atomic mass is 16.5. The molecule has 0 amide bonds. The largest absolute Gasteiger partial charge is 0.475 e. The first-order valence-electron chi connectivity index (χ1n) is 9.04. The molecule has 0 unspecified atom stereocenters. The maximum absolute atomic E-state index is 6.09. The van der Waals surface area contributed by atoms with Gasteiger partial charge in [0, 0.05) is 0 Å². The Morgan fingerprint density at radius 3 is 2.08 bits per heavy atom. The average Bonchev–Trinajstić information content (AvgIpc) is 3.14. The van der Waals surface area contributed by atoms with E-state index in [4.69, 9.17) is 9.73 Å². The van der Waals surface area contributed by atoms with Crippen LogP contribution in [0.4, 0.5) is 0 Å². The van der Waals surface area contributed by atoms with Crippen LogP contribution >= 0.6 is 0 Å². The second-order valence-electron chi connectivity index (χ2n) is 6.78. The summed E-state index contributed by atoms with van der Waals surface area (Å²) >= 11 is 0. The standard InChI is InChI=1S/C24H19NO/c1-2-8-17(9-3-1)14-20-16-26-24(25-20)23-21-12-6-4-10-18(21)15-19-11-5-7-13-22(19)23/h1-13,15,20H,14,16H2/t20-/m0/s1. The predicted octanol–water partition coefficient (Wildman–Crippen LogP) is 5.38. The van der Waals surface area contributed by atoms with E-state index in [-0.39, 0.29) is 6.04 Å². The monoisotopic (exact) mass is 337 g/mol. The summed E-state index contributed by atoms with van der Waals surface area (Å²) in [5.74, 6) is 0.777. The summed E-state index contributed by atoms with van der Waals surface area (Å²) in [4.78, 5) is 4.95. The zero-order valence-electron chi connectivity index (χ0n) is 14.4. The Hall–Kier alpha value is -3.13. The van der Waals surface area contributed by atoms with Gasteiger partial charge in [0.2, 0.25) is 5.90 Å². The van der Waals surface area contributed by atoms with Crippen molar-refractivity contribution in [3.8, 4) is 0 Å². The molecule has 0 aromatic heterocycles. The molecule has 1 aliphatic rings. The van der Waals surface area contributed by atoms with Gasteiger partial charge in [-0.25, -0.2) is 4.99 Å². The van der Waals surface area contributed by atoms with Crippen LogP contribution < -0.4 is 0 Å². The van der Waals surface area contributed by atoms with Gasteiger partial charge in [0.05, 0.1) is 11.6 Å². The zero-order chi connectivity index (χ0) is 17.3. The van der Waals surface area contributed by atoms with Gasteiger partial charge in [-0.1, -0.05) is 78.9 Å². The number of hydrogen-bond acceptors (Lipinski definition) is 2. The third-order valence-corrected chi connectivity index (χ3v) is 5.01. The Morgan fingerprint density at radius 2 is 1.38 bits per heavy atom. The maximum atomic E-state index is 6.09. The number of fused-ring (bicyclic) bond motifs is 2. The molecule has 26 heavy (non-hydrogen) atoms. The summed E-state index contributed by atoms with van der Waals surface area (Å²) in [6.45, 7) is 0.641. The van der Waals surface area contributed by atoms with E-state index in [1.165, 1.54) is 27.1 Å². The highest BCUT2D eigenvalue weighted by molar-refractivity contribution is 6.18. The van der Waals surface area contributed by atoms with Crippen molar-refractivity contribution in [3.05, 3.63) is 96.1 Å². The van der Waals surface area contributed by atoms with E-state index in [9.17, 15) is 0 Å². The molecule has 0 saturated carbocycles. The van der Waals surface area contributed by atoms with Crippen LogP contribution in [0.3, 0.4) is 0 Å². The van der Waals surface area contributed by atoms with Crippen molar-refractivity contribution in [2.75, 3.05) is 6.61 Å². The van der Waals surface area contributed by atoms with Gasteiger partial charge in [0.1, 0.15) is 6.61 Å². The zero-order valence-corrected chi connectivity index (χ0v) is 14.4. The Bertz CT molecular complexity index is 1060. The highest BCUT2D eigenvalue weighted by Crippen LogP contribution is 2.31. The molecule has 0 saturated heterocycles. The summed E-state index contributed by atoms with van der Waals surface area (Å²) < 4.78 is 6.09. The number of rotatable bonds is 3. The van der Waals surface area contributed by atoms with Crippen molar-refractivity contribution in [1.29, 1.82) is 0 Å². The third kappa shape index (κ3) is 2.64. The van der Waals surface area contributed by atoms with E-state index in [1.54, 1.807) is 0 Å². The molecule has 0 N–H and O–H groups in total. The summed E-state index contributed by atoms with van der Waals surface area (Å²) in [6, 6.07) is 29.9. The molecule has 2 nitrogen and oxygen atoms in total. The van der Waals surface area contributed by atoms with E-state index in [2.05, 4.69) is 78.9 Å². The van der Waals surface area contributed by atoms with Gasteiger partial charge in [0.15, 0.2) is 0 Å². The molecule has 0 aliphatic carbocycles. The van der Waals surface area contributed by atoms with E-state index >= 15 is 0 Å². The Kier molecular flexibility index (Phi) is 3.67. The van der Waals surface area contributed by atoms with Crippen LogP contribution in [-0.2, 0) is 11.2 Å². The minimum atomic E-state index is 0.171. The molecule has 4 aromatic carbocycles. The molecule has 0 bridgehead atoms. The number of ether oxygens (including phenoxy) is 1. The van der Waals surface area contributed by atoms with E-state index < -0.39 is 0 Å². The lowest BCUT2D eigenvalue weighted by atomic mass is 9.96. The Morgan fingerprint density at radius 1 is 0.769 bits per heavy atom. The molecule has 126 valence electrons. The molecule has 0 fully saturated rings. The van der Waals surface area contributed by atoms with Gasteiger partial charge in [-0.3, -0.25) is 0 Å². The van der Waals surface area contributed by atoms with Crippen LogP contribution in [0.5, 0.6) is 0 Å². The van der Waals surface area contributed by atoms with Crippen LogP contribution in [0.15, 0.2) is 89.9 Å². The Labute approximate surface area is 152 Å². The van der Waals surface area contributed by atoms with Crippen LogP contribution in [-0.4, -0.2) is 18.5 Å². The minimum Gasteiger partial charge on any atom is -0.475 e. The quantitative estimate of drug-likeness (QED) is 0.460. The SMILES string of the molecule is c1ccc(C[C@H]2COC(c3c4ccccc4cc4ccccc34)=N2)cc1. The average molecular weight is 337 g/mol. The molecule has 2 heteroatoms. The predicted molar refractivity (Wildman–Crippen MR) is 108 cm³/mol. The van der Waals surface area contributed by atoms with Crippen molar-refractivity contribution >= 4 is 27.4 Å². The van der Waals surface area contributed by atoms with E-state index in [1.807, 2.05) is 6.07 Å². The molecule has 1 aliphatic heterocycles. The molecule has 0 radical (unpaired) electrons. The lowest BCUT2D eigenvalue weighted by Gasteiger charge is -2.11. The number of benzene rings is 4. The minimum absolute atomic E-state index is 0.171. The van der Waals surface area contributed by atoms with Crippen molar-refractivity contribution in [2.45, 2.75) is 12.5 Å². The first-order chi connectivity index (χ1) is 12.9. The van der Waals surface area contributed by atoms with Gasteiger partial charge in [-0.15, -0.1) is 0 Å². The van der Waals surface area contributed by atoms with Crippen LogP contribution in [0, 0.1) is 0 Å². The second-order valence-corrected chi connectivity index (χ2v) is 6.78. The maximum Gasteiger partial charge on any atom is 0.217 e. The molecule has 4 aromatic rings. The van der Waals surface area contributed by atoms with Crippen LogP contribution in [0.1, 0.15) is 11.1 Å². The highest BCUT2D eigenvalue weighted by Gasteiger charge is 2.23. The molecule has 0 spiro atoms. The van der Waals surface area contributed by atoms with Gasteiger partial charge in [-0.2, -0.15) is 0 Å². The fourth-order valence-electron chi connectivity index (χ4n) is 3.79. The summed E-state index contributed by atoms with van der Waals surface area (Å²) in [7, 11) is 0. The van der Waals surface area contributed by atoms with Crippen LogP contribution in [0.25, 0.3) is 21.5 Å². The molecule has 1 heterocycles. The van der Waals surface area contributed by atoms with Gasteiger partial charge < -0.3 is 4.74 Å². The lowest BCUT2D eigenvalue weighted by Crippen LogP contribution is -2.09. The van der Waals surface area contributed by atoms with Crippen molar-refractivity contribution in [1.82, 2.24) is 0 Å². The first-order valence-corrected chi connectivity index (χ1v) is 9.04. The smallest absolute Gasteiger partial charge is 0.217 e. The third-order valence-electron chi connectivity index (χ3n) is 5.01. The lowest BCUT2D eigenvalue weighted by molar-refractivity contribution is 0.317. The van der Waals surface area contributed by atoms with E-state index in [0.29, 0.717) is 6.61 Å². The molecule has 1 atom stereocenters. The van der Waals surface area contributed by atoms with Crippen LogP contribution in [0.2, 0.25) is 0 Å². The number of hydrogen-bond donors (Lipinski definition) is 0.